The minimum Gasteiger partial charge on any atom is -0.506 e. The first-order chi connectivity index (χ1) is 6.16. The normalized spacial score (nSPS) is 10.3. The largest absolute Gasteiger partial charge is 0.506 e. The van der Waals surface area contributed by atoms with Crippen LogP contribution in [0, 0.1) is 6.92 Å². The van der Waals surface area contributed by atoms with Gasteiger partial charge in [-0.15, -0.1) is 0 Å². The summed E-state index contributed by atoms with van der Waals surface area (Å²) in [5.41, 5.74) is 0.166. The van der Waals surface area contributed by atoms with Crippen LogP contribution in [-0.2, 0) is 6.54 Å². The van der Waals surface area contributed by atoms with E-state index in [-0.39, 0.29) is 11.3 Å². The molecular formula is C9H14N2O2. The maximum absolute atomic E-state index is 11.4. The molecule has 1 rings (SSSR count). The second kappa shape index (κ2) is 4.07. The van der Waals surface area contributed by atoms with Crippen molar-refractivity contribution in [3.63, 3.8) is 0 Å². The lowest BCUT2D eigenvalue weighted by atomic mass is 10.3. The van der Waals surface area contributed by atoms with Crippen molar-refractivity contribution < 1.29 is 5.11 Å². The molecule has 0 bridgehead atoms. The number of hydrogen-bond donors (Lipinski definition) is 1. The lowest BCUT2D eigenvalue weighted by Gasteiger charge is -2.04. The van der Waals surface area contributed by atoms with Crippen LogP contribution in [0.2, 0.25) is 0 Å². The van der Waals surface area contributed by atoms with E-state index < -0.39 is 0 Å². The molecule has 0 fully saturated rings. The zero-order valence-electron chi connectivity index (χ0n) is 7.95. The highest BCUT2D eigenvalue weighted by Gasteiger charge is 2.04. The molecule has 4 nitrogen and oxygen atoms in total. The molecule has 0 spiro atoms. The van der Waals surface area contributed by atoms with E-state index in [2.05, 4.69) is 12.0 Å². The first kappa shape index (κ1) is 9.77. The Labute approximate surface area is 76.8 Å². The summed E-state index contributed by atoms with van der Waals surface area (Å²) >= 11 is 0. The van der Waals surface area contributed by atoms with E-state index in [9.17, 15) is 9.90 Å². The summed E-state index contributed by atoms with van der Waals surface area (Å²) in [6, 6.07) is 0. The Hall–Kier alpha value is -1.32. The molecule has 1 aromatic rings. The fraction of sp³-hybridized carbons (Fsp3) is 0.556. The lowest BCUT2D eigenvalue weighted by molar-refractivity contribution is 0.450. The number of nitrogens with zero attached hydrogens (tertiary/aromatic N) is 2. The van der Waals surface area contributed by atoms with Crippen molar-refractivity contribution in [3.05, 3.63) is 22.1 Å². The van der Waals surface area contributed by atoms with Gasteiger partial charge in [-0.3, -0.25) is 4.79 Å². The van der Waals surface area contributed by atoms with Crippen LogP contribution in [0.4, 0.5) is 0 Å². The molecule has 0 saturated heterocycles. The van der Waals surface area contributed by atoms with Crippen molar-refractivity contribution >= 4 is 0 Å². The van der Waals surface area contributed by atoms with Crippen molar-refractivity contribution in [2.45, 2.75) is 33.2 Å². The Morgan fingerprint density at radius 1 is 1.62 bits per heavy atom. The number of unbranched alkanes of at least 4 members (excludes halogenated alkanes) is 1. The van der Waals surface area contributed by atoms with Gasteiger partial charge in [-0.1, -0.05) is 13.3 Å². The zero-order valence-corrected chi connectivity index (χ0v) is 7.95. The second-order valence-electron chi connectivity index (χ2n) is 3.04. The smallest absolute Gasteiger partial charge is 0.273 e. The second-order valence-corrected chi connectivity index (χ2v) is 3.04. The fourth-order valence-corrected chi connectivity index (χ4v) is 1.04. The zero-order chi connectivity index (χ0) is 9.84. The highest BCUT2D eigenvalue weighted by Crippen LogP contribution is 2.07. The predicted molar refractivity (Wildman–Crippen MR) is 49.8 cm³/mol. The lowest BCUT2D eigenvalue weighted by Crippen LogP contribution is -2.24. The van der Waals surface area contributed by atoms with Crippen LogP contribution in [0.1, 0.15) is 25.3 Å². The quantitative estimate of drug-likeness (QED) is 0.760. The Kier molecular flexibility index (Phi) is 3.06. The average molecular weight is 182 g/mol. The molecule has 0 atom stereocenters. The summed E-state index contributed by atoms with van der Waals surface area (Å²) in [6.45, 7) is 4.27. The number of aromatic nitrogens is 2. The molecule has 1 heterocycles. The minimum atomic E-state index is -0.201. The maximum atomic E-state index is 11.4. The summed E-state index contributed by atoms with van der Waals surface area (Å²) in [5.74, 6) is -0.0299. The Morgan fingerprint density at radius 2 is 2.31 bits per heavy atom. The van der Waals surface area contributed by atoms with E-state index in [4.69, 9.17) is 0 Å². The van der Waals surface area contributed by atoms with Gasteiger partial charge in [0.15, 0.2) is 0 Å². The third-order valence-corrected chi connectivity index (χ3v) is 1.98. The van der Waals surface area contributed by atoms with E-state index in [0.717, 1.165) is 12.8 Å². The Bertz CT molecular complexity index is 344. The molecule has 0 amide bonds. The third kappa shape index (κ3) is 2.08. The van der Waals surface area contributed by atoms with Gasteiger partial charge in [-0.2, -0.15) is 5.10 Å². The monoisotopic (exact) mass is 182 g/mol. The van der Waals surface area contributed by atoms with Gasteiger partial charge in [0.05, 0.1) is 11.8 Å². The first-order valence-electron chi connectivity index (χ1n) is 4.42. The molecule has 1 aromatic heterocycles. The van der Waals surface area contributed by atoms with E-state index in [0.29, 0.717) is 12.1 Å². The molecule has 13 heavy (non-hydrogen) atoms. The van der Waals surface area contributed by atoms with Gasteiger partial charge in [-0.05, 0) is 13.3 Å². The first-order valence-corrected chi connectivity index (χ1v) is 4.42. The van der Waals surface area contributed by atoms with Crippen LogP contribution in [-0.4, -0.2) is 14.9 Å². The molecule has 0 unspecified atom stereocenters. The van der Waals surface area contributed by atoms with Gasteiger partial charge < -0.3 is 5.11 Å². The summed E-state index contributed by atoms with van der Waals surface area (Å²) in [7, 11) is 0. The van der Waals surface area contributed by atoms with E-state index in [1.165, 1.54) is 10.9 Å². The van der Waals surface area contributed by atoms with Crippen molar-refractivity contribution in [2.24, 2.45) is 0 Å². The molecule has 0 saturated carbocycles. The molecule has 0 aliphatic rings. The van der Waals surface area contributed by atoms with Gasteiger partial charge in [0, 0.05) is 6.54 Å². The summed E-state index contributed by atoms with van der Waals surface area (Å²) < 4.78 is 1.39. The number of hydrogen-bond acceptors (Lipinski definition) is 3. The van der Waals surface area contributed by atoms with Crippen LogP contribution < -0.4 is 5.56 Å². The average Bonchev–Trinajstić information content (AvgIpc) is 2.13. The summed E-state index contributed by atoms with van der Waals surface area (Å²) in [4.78, 5) is 11.4. The van der Waals surface area contributed by atoms with Crippen molar-refractivity contribution in [3.8, 4) is 5.75 Å². The van der Waals surface area contributed by atoms with Crippen molar-refractivity contribution in [1.82, 2.24) is 9.78 Å². The summed E-state index contributed by atoms with van der Waals surface area (Å²) in [6.07, 6.45) is 3.26. The van der Waals surface area contributed by atoms with Crippen LogP contribution in [0.5, 0.6) is 5.75 Å². The minimum absolute atomic E-state index is 0.0299. The fourth-order valence-electron chi connectivity index (χ4n) is 1.04. The molecule has 0 radical (unpaired) electrons. The van der Waals surface area contributed by atoms with Crippen LogP contribution >= 0.6 is 0 Å². The number of rotatable bonds is 3. The number of aryl methyl sites for hydroxylation is 1. The highest BCUT2D eigenvalue weighted by molar-refractivity contribution is 5.24. The van der Waals surface area contributed by atoms with Gasteiger partial charge in [0.2, 0.25) is 0 Å². The highest BCUT2D eigenvalue weighted by atomic mass is 16.3. The number of aromatic hydroxyl groups is 1. The molecule has 0 aliphatic carbocycles. The van der Waals surface area contributed by atoms with Crippen LogP contribution in [0.25, 0.3) is 0 Å². The van der Waals surface area contributed by atoms with Gasteiger partial charge in [0.25, 0.3) is 5.56 Å². The molecule has 0 aliphatic heterocycles. The van der Waals surface area contributed by atoms with Crippen molar-refractivity contribution in [2.75, 3.05) is 0 Å². The Balaban J connectivity index is 2.97. The Morgan fingerprint density at radius 3 is 2.92 bits per heavy atom. The molecule has 0 aromatic carbocycles. The van der Waals surface area contributed by atoms with Crippen LogP contribution in [0.15, 0.2) is 11.0 Å². The van der Waals surface area contributed by atoms with Gasteiger partial charge in [0.1, 0.15) is 5.75 Å². The predicted octanol–water partition coefficient (Wildman–Crippen LogP) is 1.06. The molecule has 4 heteroatoms. The van der Waals surface area contributed by atoms with E-state index >= 15 is 0 Å². The standard InChI is InChI=1S/C9H14N2O2/c1-3-4-5-11-9(13)7(2)8(12)6-10-11/h6,12H,3-5H2,1-2H3. The SMILES string of the molecule is CCCCn1ncc(O)c(C)c1=O. The molecule has 72 valence electrons. The van der Waals surface area contributed by atoms with Gasteiger partial charge in [-0.25, -0.2) is 4.68 Å². The maximum Gasteiger partial charge on any atom is 0.273 e. The summed E-state index contributed by atoms with van der Waals surface area (Å²) in [5, 5.41) is 13.0. The van der Waals surface area contributed by atoms with E-state index in [1.807, 2.05) is 0 Å². The van der Waals surface area contributed by atoms with Crippen LogP contribution in [0.3, 0.4) is 0 Å². The topological polar surface area (TPSA) is 55.1 Å². The van der Waals surface area contributed by atoms with Crippen molar-refractivity contribution in [1.29, 1.82) is 0 Å². The molecule has 1 N–H and O–H groups in total. The van der Waals surface area contributed by atoms with E-state index in [1.54, 1.807) is 6.92 Å². The molecular weight excluding hydrogens is 168 g/mol. The van der Waals surface area contributed by atoms with Gasteiger partial charge >= 0.3 is 0 Å². The third-order valence-electron chi connectivity index (χ3n) is 1.98.